The summed E-state index contributed by atoms with van der Waals surface area (Å²) in [6.07, 6.45) is 2.27. The molecule has 5 heteroatoms. The van der Waals surface area contributed by atoms with Crippen molar-refractivity contribution in [3.05, 3.63) is 28.4 Å². The molecule has 10 heavy (non-hydrogen) atoms. The fourth-order valence-electron chi connectivity index (χ4n) is 0.560. The number of rotatable bonds is 1. The molecule has 0 aliphatic rings. The van der Waals surface area contributed by atoms with E-state index in [4.69, 9.17) is 16.7 Å². The molecule has 0 saturated carbocycles. The summed E-state index contributed by atoms with van der Waals surface area (Å²) in [5.74, 6) is 0. The fourth-order valence-corrected chi connectivity index (χ4v) is 0.765. The van der Waals surface area contributed by atoms with Gasteiger partial charge in [0.25, 0.3) is 0 Å². The summed E-state index contributed by atoms with van der Waals surface area (Å²) < 4.78 is 0.501. The van der Waals surface area contributed by atoms with Gasteiger partial charge in [0.1, 0.15) is 5.69 Å². The van der Waals surface area contributed by atoms with Gasteiger partial charge in [0.05, 0.1) is 6.61 Å². The van der Waals surface area contributed by atoms with E-state index in [0.29, 0.717) is 4.73 Å². The van der Waals surface area contributed by atoms with Gasteiger partial charge in [-0.05, 0) is 0 Å². The first-order chi connectivity index (χ1) is 4.72. The standard InChI is InChI=1S/C5H5ClN2O2/c6-5-2-8(10)1-4(3-9)7-5/h1-2,9H,3H2. The lowest BCUT2D eigenvalue weighted by molar-refractivity contribution is -0.606. The van der Waals surface area contributed by atoms with Crippen LogP contribution < -0.4 is 4.73 Å². The zero-order valence-electron chi connectivity index (χ0n) is 4.99. The SMILES string of the molecule is [O-][n+]1cc(Cl)nc(CO)c1. The molecular formula is C5H5ClN2O2. The van der Waals surface area contributed by atoms with Crippen molar-refractivity contribution in [2.75, 3.05) is 0 Å². The molecule has 54 valence electrons. The van der Waals surface area contributed by atoms with Crippen LogP contribution in [0.5, 0.6) is 0 Å². The Bertz CT molecular complexity index is 221. The third kappa shape index (κ3) is 1.55. The molecule has 0 aromatic carbocycles. The second-order valence-electron chi connectivity index (χ2n) is 1.70. The number of hydrogen-bond acceptors (Lipinski definition) is 3. The van der Waals surface area contributed by atoms with Crippen LogP contribution in [0.2, 0.25) is 5.15 Å². The minimum absolute atomic E-state index is 0.0848. The van der Waals surface area contributed by atoms with Gasteiger partial charge in [0.2, 0.25) is 12.4 Å². The lowest BCUT2D eigenvalue weighted by Gasteiger charge is -1.96. The van der Waals surface area contributed by atoms with Crippen molar-refractivity contribution in [3.8, 4) is 0 Å². The van der Waals surface area contributed by atoms with E-state index in [9.17, 15) is 5.21 Å². The highest BCUT2D eigenvalue weighted by Gasteiger charge is 2.00. The largest absolute Gasteiger partial charge is 0.619 e. The summed E-state index contributed by atoms with van der Waals surface area (Å²) in [4.78, 5) is 3.65. The molecule has 0 aliphatic carbocycles. The van der Waals surface area contributed by atoms with Gasteiger partial charge in [-0.15, -0.1) is 0 Å². The van der Waals surface area contributed by atoms with Crippen LogP contribution in [0.25, 0.3) is 0 Å². The van der Waals surface area contributed by atoms with E-state index < -0.39 is 0 Å². The molecule has 1 N–H and O–H groups in total. The van der Waals surface area contributed by atoms with Crippen molar-refractivity contribution < 1.29 is 9.84 Å². The van der Waals surface area contributed by atoms with Gasteiger partial charge in [-0.25, -0.2) is 4.98 Å². The first kappa shape index (κ1) is 7.24. The van der Waals surface area contributed by atoms with Crippen LogP contribution in [-0.4, -0.2) is 10.1 Å². The van der Waals surface area contributed by atoms with E-state index >= 15 is 0 Å². The Morgan fingerprint density at radius 1 is 1.70 bits per heavy atom. The topological polar surface area (TPSA) is 60.1 Å². The summed E-state index contributed by atoms with van der Waals surface area (Å²) in [6, 6.07) is 0. The summed E-state index contributed by atoms with van der Waals surface area (Å²) in [6.45, 7) is -0.275. The number of hydrogen-bond donors (Lipinski definition) is 1. The van der Waals surface area contributed by atoms with Crippen LogP contribution in [0.4, 0.5) is 0 Å². The molecule has 0 aliphatic heterocycles. The summed E-state index contributed by atoms with van der Waals surface area (Å²) in [7, 11) is 0. The number of nitrogens with zero attached hydrogens (tertiary/aromatic N) is 2. The summed E-state index contributed by atoms with van der Waals surface area (Å²) >= 11 is 5.39. The van der Waals surface area contributed by atoms with Crippen molar-refractivity contribution in [1.82, 2.24) is 4.98 Å². The van der Waals surface area contributed by atoms with Crippen LogP contribution in [0.3, 0.4) is 0 Å². The van der Waals surface area contributed by atoms with E-state index in [0.717, 1.165) is 12.4 Å². The van der Waals surface area contributed by atoms with E-state index in [2.05, 4.69) is 4.98 Å². The Kier molecular flexibility index (Phi) is 2.03. The van der Waals surface area contributed by atoms with Gasteiger partial charge >= 0.3 is 0 Å². The zero-order valence-corrected chi connectivity index (χ0v) is 5.75. The third-order valence-corrected chi connectivity index (χ3v) is 1.10. The molecule has 1 heterocycles. The van der Waals surface area contributed by atoms with Gasteiger partial charge in [-0.1, -0.05) is 11.6 Å². The zero-order chi connectivity index (χ0) is 7.56. The van der Waals surface area contributed by atoms with Crippen LogP contribution >= 0.6 is 11.6 Å². The number of aliphatic hydroxyl groups is 1. The Morgan fingerprint density at radius 3 is 2.90 bits per heavy atom. The lowest BCUT2D eigenvalue weighted by Crippen LogP contribution is -2.26. The van der Waals surface area contributed by atoms with Crippen molar-refractivity contribution in [2.24, 2.45) is 0 Å². The first-order valence-electron chi connectivity index (χ1n) is 2.58. The smallest absolute Gasteiger partial charge is 0.217 e. The van der Waals surface area contributed by atoms with E-state index in [1.807, 2.05) is 0 Å². The summed E-state index contributed by atoms with van der Waals surface area (Å²) in [5, 5.41) is 19.1. The number of halogens is 1. The first-order valence-corrected chi connectivity index (χ1v) is 2.96. The predicted octanol–water partition coefficient (Wildman–Crippen LogP) is -0.139. The molecule has 0 unspecified atom stereocenters. The maximum atomic E-state index is 10.6. The molecule has 4 nitrogen and oxygen atoms in total. The van der Waals surface area contributed by atoms with Crippen LogP contribution in [0.15, 0.2) is 12.4 Å². The molecule has 1 aromatic heterocycles. The molecule has 0 fully saturated rings. The minimum atomic E-state index is -0.275. The second kappa shape index (κ2) is 2.81. The van der Waals surface area contributed by atoms with Gasteiger partial charge in [-0.3, -0.25) is 0 Å². The van der Waals surface area contributed by atoms with E-state index in [-0.39, 0.29) is 17.5 Å². The molecule has 0 amide bonds. The van der Waals surface area contributed by atoms with Crippen LogP contribution in [-0.2, 0) is 6.61 Å². The Morgan fingerprint density at radius 2 is 2.40 bits per heavy atom. The van der Waals surface area contributed by atoms with Crippen molar-refractivity contribution in [1.29, 1.82) is 0 Å². The van der Waals surface area contributed by atoms with E-state index in [1.54, 1.807) is 0 Å². The minimum Gasteiger partial charge on any atom is -0.619 e. The molecule has 0 radical (unpaired) electrons. The maximum absolute atomic E-state index is 10.6. The van der Waals surface area contributed by atoms with Crippen molar-refractivity contribution in [3.63, 3.8) is 0 Å². The van der Waals surface area contributed by atoms with E-state index in [1.165, 1.54) is 0 Å². The third-order valence-electron chi connectivity index (χ3n) is 0.922. The maximum Gasteiger partial charge on any atom is 0.217 e. The highest BCUT2D eigenvalue weighted by molar-refractivity contribution is 6.29. The average Bonchev–Trinajstić information content (AvgIpc) is 1.85. The monoisotopic (exact) mass is 160 g/mol. The van der Waals surface area contributed by atoms with Crippen molar-refractivity contribution in [2.45, 2.75) is 6.61 Å². The highest BCUT2D eigenvalue weighted by Crippen LogP contribution is 2.00. The van der Waals surface area contributed by atoms with Gasteiger partial charge in [-0.2, -0.15) is 4.73 Å². The van der Waals surface area contributed by atoms with Crippen molar-refractivity contribution >= 4 is 11.6 Å². The number of aromatic nitrogens is 2. The molecule has 1 aromatic rings. The number of aliphatic hydroxyl groups excluding tert-OH is 1. The quantitative estimate of drug-likeness (QED) is 0.460. The molecule has 0 spiro atoms. The molecule has 0 bridgehead atoms. The molecule has 0 saturated heterocycles. The van der Waals surface area contributed by atoms with Gasteiger partial charge in [0.15, 0.2) is 5.15 Å². The molecule has 0 atom stereocenters. The Balaban J connectivity index is 3.06. The lowest BCUT2D eigenvalue weighted by atomic mass is 10.5. The fraction of sp³-hybridized carbons (Fsp3) is 0.200. The Labute approximate surface area is 62.3 Å². The summed E-state index contributed by atoms with van der Waals surface area (Å²) in [5.41, 5.74) is 0.266. The highest BCUT2D eigenvalue weighted by atomic mass is 35.5. The van der Waals surface area contributed by atoms with Crippen LogP contribution in [0.1, 0.15) is 5.69 Å². The average molecular weight is 161 g/mol. The van der Waals surface area contributed by atoms with Gasteiger partial charge in [0, 0.05) is 0 Å². The second-order valence-corrected chi connectivity index (χ2v) is 2.09. The normalized spacial score (nSPS) is 9.80. The Hall–Kier alpha value is -0.870. The van der Waals surface area contributed by atoms with Gasteiger partial charge < -0.3 is 10.3 Å². The predicted molar refractivity (Wildman–Crippen MR) is 34.1 cm³/mol. The molecule has 1 rings (SSSR count). The molecular weight excluding hydrogens is 156 g/mol. The van der Waals surface area contributed by atoms with Crippen LogP contribution in [0, 0.1) is 5.21 Å².